The molecular formula is C24H28N4O. The maximum absolute atomic E-state index is 12.4. The van der Waals surface area contributed by atoms with Crippen LogP contribution in [0.5, 0.6) is 0 Å². The van der Waals surface area contributed by atoms with Crippen molar-refractivity contribution in [1.29, 1.82) is 0 Å². The number of carbonyl (C=O) groups excluding carboxylic acids is 1. The number of nitrogens with two attached hydrogens (primary N) is 1. The molecule has 0 aliphatic heterocycles. The summed E-state index contributed by atoms with van der Waals surface area (Å²) < 4.78 is 2.05. The number of amides is 1. The predicted molar refractivity (Wildman–Crippen MR) is 115 cm³/mol. The minimum absolute atomic E-state index is 0.0952. The number of benzene rings is 2. The number of nitrogens with one attached hydrogen (secondary N) is 1. The van der Waals surface area contributed by atoms with Crippen LogP contribution in [0.4, 0.5) is 0 Å². The van der Waals surface area contributed by atoms with Crippen molar-refractivity contribution < 1.29 is 4.79 Å². The summed E-state index contributed by atoms with van der Waals surface area (Å²) in [5.74, 6) is 0.422. The summed E-state index contributed by atoms with van der Waals surface area (Å²) in [5.41, 5.74) is 10.8. The Balaban J connectivity index is 1.40. The van der Waals surface area contributed by atoms with Gasteiger partial charge in [0.05, 0.1) is 6.33 Å². The van der Waals surface area contributed by atoms with E-state index in [0.717, 1.165) is 42.5 Å². The van der Waals surface area contributed by atoms with Gasteiger partial charge in [0.2, 0.25) is 5.91 Å². The number of carbonyl (C=O) groups is 1. The SMILES string of the molecule is N[C@@H]1CCC[C@H]1CC(=O)NCc1ccccc1-c1ccc(Cn2ccnc2)cc1. The van der Waals surface area contributed by atoms with Crippen molar-refractivity contribution in [1.82, 2.24) is 14.9 Å². The zero-order valence-electron chi connectivity index (χ0n) is 16.6. The molecule has 1 fully saturated rings. The summed E-state index contributed by atoms with van der Waals surface area (Å²) in [6, 6.07) is 17.0. The third-order valence-corrected chi connectivity index (χ3v) is 5.85. The normalized spacial score (nSPS) is 18.7. The first-order valence-electron chi connectivity index (χ1n) is 10.3. The Morgan fingerprint density at radius 3 is 2.69 bits per heavy atom. The van der Waals surface area contributed by atoms with Gasteiger partial charge in [0, 0.05) is 37.9 Å². The van der Waals surface area contributed by atoms with Crippen molar-refractivity contribution in [3.63, 3.8) is 0 Å². The van der Waals surface area contributed by atoms with Gasteiger partial charge in [-0.15, -0.1) is 0 Å². The van der Waals surface area contributed by atoms with E-state index in [4.69, 9.17) is 5.73 Å². The number of imidazole rings is 1. The van der Waals surface area contributed by atoms with E-state index in [9.17, 15) is 4.79 Å². The molecule has 0 bridgehead atoms. The molecule has 5 nitrogen and oxygen atoms in total. The Kier molecular flexibility index (Phi) is 6.06. The van der Waals surface area contributed by atoms with Crippen molar-refractivity contribution >= 4 is 5.91 Å². The Labute approximate surface area is 172 Å². The van der Waals surface area contributed by atoms with Crippen molar-refractivity contribution in [2.75, 3.05) is 0 Å². The summed E-state index contributed by atoms with van der Waals surface area (Å²) in [5, 5.41) is 3.09. The molecule has 29 heavy (non-hydrogen) atoms. The van der Waals surface area contributed by atoms with Crippen molar-refractivity contribution in [3.8, 4) is 11.1 Å². The molecule has 1 aromatic heterocycles. The zero-order valence-corrected chi connectivity index (χ0v) is 16.6. The van der Waals surface area contributed by atoms with Gasteiger partial charge in [-0.05, 0) is 41.0 Å². The van der Waals surface area contributed by atoms with Gasteiger partial charge >= 0.3 is 0 Å². The highest BCUT2D eigenvalue weighted by molar-refractivity contribution is 5.77. The molecule has 3 aromatic rings. The average Bonchev–Trinajstić information content (AvgIpc) is 3.39. The standard InChI is InChI=1S/C24H28N4O/c25-23-7-3-5-20(23)14-24(29)27-15-21-4-1-2-6-22(21)19-10-8-18(9-11-19)16-28-13-12-26-17-28/h1-2,4,6,8-13,17,20,23H,3,5,7,14-16,25H2,(H,27,29)/t20-,23+/m0/s1. The van der Waals surface area contributed by atoms with Gasteiger partial charge in [0.15, 0.2) is 0 Å². The molecule has 1 saturated carbocycles. The second kappa shape index (κ2) is 9.05. The Hall–Kier alpha value is -2.92. The molecule has 0 unspecified atom stereocenters. The van der Waals surface area contributed by atoms with Gasteiger partial charge < -0.3 is 15.6 Å². The summed E-state index contributed by atoms with van der Waals surface area (Å²) in [6.07, 6.45) is 9.35. The van der Waals surface area contributed by atoms with Crippen molar-refractivity contribution in [2.45, 2.75) is 44.8 Å². The fourth-order valence-corrected chi connectivity index (χ4v) is 4.16. The molecule has 2 atom stereocenters. The third kappa shape index (κ3) is 4.93. The van der Waals surface area contributed by atoms with Gasteiger partial charge in [0.1, 0.15) is 0 Å². The first kappa shape index (κ1) is 19.4. The van der Waals surface area contributed by atoms with Crippen LogP contribution in [0, 0.1) is 5.92 Å². The molecule has 2 aromatic carbocycles. The highest BCUT2D eigenvalue weighted by Crippen LogP contribution is 2.27. The van der Waals surface area contributed by atoms with Crippen LogP contribution in [0.3, 0.4) is 0 Å². The van der Waals surface area contributed by atoms with E-state index in [1.807, 2.05) is 24.7 Å². The minimum Gasteiger partial charge on any atom is -0.352 e. The van der Waals surface area contributed by atoms with Crippen LogP contribution in [0.2, 0.25) is 0 Å². The molecule has 5 heteroatoms. The summed E-state index contributed by atoms with van der Waals surface area (Å²) in [6.45, 7) is 1.34. The molecule has 0 spiro atoms. The molecule has 1 aliphatic rings. The lowest BCUT2D eigenvalue weighted by Crippen LogP contribution is -2.31. The Bertz CT molecular complexity index is 934. The van der Waals surface area contributed by atoms with E-state index in [1.54, 1.807) is 6.20 Å². The topological polar surface area (TPSA) is 72.9 Å². The molecule has 150 valence electrons. The van der Waals surface area contributed by atoms with Crippen LogP contribution >= 0.6 is 0 Å². The Morgan fingerprint density at radius 2 is 1.97 bits per heavy atom. The van der Waals surface area contributed by atoms with E-state index in [1.165, 1.54) is 5.56 Å². The maximum atomic E-state index is 12.4. The first-order valence-corrected chi connectivity index (χ1v) is 10.3. The van der Waals surface area contributed by atoms with Crippen molar-refractivity contribution in [2.24, 2.45) is 11.7 Å². The second-order valence-electron chi connectivity index (χ2n) is 7.92. The van der Waals surface area contributed by atoms with Crippen LogP contribution in [0.1, 0.15) is 36.8 Å². The first-order chi connectivity index (χ1) is 14.2. The fourth-order valence-electron chi connectivity index (χ4n) is 4.16. The van der Waals surface area contributed by atoms with Crippen LogP contribution in [-0.4, -0.2) is 21.5 Å². The monoisotopic (exact) mass is 388 g/mol. The smallest absolute Gasteiger partial charge is 0.220 e. The maximum Gasteiger partial charge on any atom is 0.220 e. The second-order valence-corrected chi connectivity index (χ2v) is 7.92. The summed E-state index contributed by atoms with van der Waals surface area (Å²) in [4.78, 5) is 16.5. The molecule has 1 heterocycles. The number of hydrogen-bond donors (Lipinski definition) is 2. The summed E-state index contributed by atoms with van der Waals surface area (Å²) in [7, 11) is 0. The third-order valence-electron chi connectivity index (χ3n) is 5.85. The van der Waals surface area contributed by atoms with Gasteiger partial charge in [-0.2, -0.15) is 0 Å². The quantitative estimate of drug-likeness (QED) is 0.648. The van der Waals surface area contributed by atoms with Gasteiger partial charge in [-0.25, -0.2) is 4.98 Å². The highest BCUT2D eigenvalue weighted by atomic mass is 16.1. The molecule has 0 saturated heterocycles. The van der Waals surface area contributed by atoms with Gasteiger partial charge in [0.25, 0.3) is 0 Å². The predicted octanol–water partition coefficient (Wildman–Crippen LogP) is 3.73. The average molecular weight is 389 g/mol. The van der Waals surface area contributed by atoms with Gasteiger partial charge in [-0.3, -0.25) is 4.79 Å². The van der Waals surface area contributed by atoms with E-state index in [-0.39, 0.29) is 11.9 Å². The molecule has 4 rings (SSSR count). The lowest BCUT2D eigenvalue weighted by Gasteiger charge is -2.16. The lowest BCUT2D eigenvalue weighted by atomic mass is 9.98. The molecular weight excluding hydrogens is 360 g/mol. The van der Waals surface area contributed by atoms with Gasteiger partial charge in [-0.1, -0.05) is 55.0 Å². The fraction of sp³-hybridized carbons (Fsp3) is 0.333. The van der Waals surface area contributed by atoms with Crippen LogP contribution in [0.15, 0.2) is 67.3 Å². The summed E-state index contributed by atoms with van der Waals surface area (Å²) >= 11 is 0. The molecule has 0 radical (unpaired) electrons. The molecule has 1 aliphatic carbocycles. The van der Waals surface area contributed by atoms with Crippen molar-refractivity contribution in [3.05, 3.63) is 78.4 Å². The van der Waals surface area contributed by atoms with E-state index < -0.39 is 0 Å². The largest absolute Gasteiger partial charge is 0.352 e. The highest BCUT2D eigenvalue weighted by Gasteiger charge is 2.25. The van der Waals surface area contributed by atoms with Crippen LogP contribution in [0.25, 0.3) is 11.1 Å². The number of nitrogens with zero attached hydrogens (tertiary/aromatic N) is 2. The van der Waals surface area contributed by atoms with Crippen LogP contribution < -0.4 is 11.1 Å². The van der Waals surface area contributed by atoms with Crippen LogP contribution in [-0.2, 0) is 17.9 Å². The number of rotatable bonds is 7. The number of aromatic nitrogens is 2. The van der Waals surface area contributed by atoms with E-state index in [0.29, 0.717) is 18.9 Å². The molecule has 3 N–H and O–H groups in total. The zero-order chi connectivity index (χ0) is 20.1. The number of hydrogen-bond acceptors (Lipinski definition) is 3. The lowest BCUT2D eigenvalue weighted by molar-refractivity contribution is -0.122. The molecule has 1 amide bonds. The van der Waals surface area contributed by atoms with E-state index >= 15 is 0 Å². The van der Waals surface area contributed by atoms with E-state index in [2.05, 4.69) is 51.3 Å². The minimum atomic E-state index is 0.0952. The Morgan fingerprint density at radius 1 is 1.14 bits per heavy atom.